The molecule has 3 atom stereocenters. The molecule has 1 saturated carbocycles. The number of carbonyl (C=O) groups is 1. The van der Waals surface area contributed by atoms with Gasteiger partial charge in [-0.1, -0.05) is 13.3 Å². The van der Waals surface area contributed by atoms with Gasteiger partial charge < -0.3 is 22.9 Å². The molecule has 0 saturated heterocycles. The molecule has 0 heterocycles. The summed E-state index contributed by atoms with van der Waals surface area (Å²) in [6, 6.07) is 0.266. The highest BCUT2D eigenvalue weighted by atomic mass is 35.5. The van der Waals surface area contributed by atoms with Crippen LogP contribution in [0.25, 0.3) is 0 Å². The topological polar surface area (TPSA) is 53.9 Å². The van der Waals surface area contributed by atoms with Crippen LogP contribution in [0.4, 0.5) is 0 Å². The molecule has 0 radical (unpaired) electrons. The average molecular weight is 208 g/mol. The van der Waals surface area contributed by atoms with Crippen molar-refractivity contribution in [1.29, 1.82) is 0 Å². The largest absolute Gasteiger partial charge is 1.00 e. The van der Waals surface area contributed by atoms with Gasteiger partial charge in [0, 0.05) is 6.42 Å². The van der Waals surface area contributed by atoms with Crippen LogP contribution in [-0.4, -0.2) is 19.1 Å². The van der Waals surface area contributed by atoms with E-state index < -0.39 is 0 Å². The van der Waals surface area contributed by atoms with Gasteiger partial charge in [-0.05, 0) is 12.3 Å². The molecule has 1 aliphatic carbocycles. The number of hydrogen-bond donors (Lipinski definition) is 1. The lowest BCUT2D eigenvalue weighted by Gasteiger charge is -2.16. The molecular formula is C9H18ClNO2. The van der Waals surface area contributed by atoms with Gasteiger partial charge in [0.25, 0.3) is 0 Å². The second-order valence-corrected chi connectivity index (χ2v) is 3.55. The Balaban J connectivity index is 0.00000144. The molecule has 0 aromatic rings. The van der Waals surface area contributed by atoms with E-state index in [1.54, 1.807) is 0 Å². The SMILES string of the molecule is CC[C@H]1CC[C@H]([NH3+])[C@H]1C(=O)OC.[Cl-]. The summed E-state index contributed by atoms with van der Waals surface area (Å²) in [6.07, 6.45) is 3.26. The van der Waals surface area contributed by atoms with Gasteiger partial charge in [0.2, 0.25) is 0 Å². The molecule has 3 nitrogen and oxygen atoms in total. The third-order valence-electron chi connectivity index (χ3n) is 2.92. The molecule has 78 valence electrons. The second-order valence-electron chi connectivity index (χ2n) is 3.55. The number of halogens is 1. The van der Waals surface area contributed by atoms with Crippen molar-refractivity contribution in [2.75, 3.05) is 7.11 Å². The second kappa shape index (κ2) is 5.45. The minimum atomic E-state index is -0.0700. The fourth-order valence-electron chi connectivity index (χ4n) is 2.15. The highest BCUT2D eigenvalue weighted by molar-refractivity contribution is 5.73. The molecule has 4 heteroatoms. The molecule has 0 amide bonds. The van der Waals surface area contributed by atoms with Gasteiger partial charge in [-0.15, -0.1) is 0 Å². The van der Waals surface area contributed by atoms with Crippen LogP contribution in [0.2, 0.25) is 0 Å². The Hall–Kier alpha value is -0.280. The molecule has 13 heavy (non-hydrogen) atoms. The normalized spacial score (nSPS) is 32.4. The van der Waals surface area contributed by atoms with Crippen molar-refractivity contribution in [3.8, 4) is 0 Å². The number of methoxy groups -OCH3 is 1. The first-order valence-electron chi connectivity index (χ1n) is 4.61. The predicted octanol–water partition coefficient (Wildman–Crippen LogP) is -2.79. The van der Waals surface area contributed by atoms with E-state index in [1.807, 2.05) is 0 Å². The Morgan fingerprint density at radius 1 is 1.54 bits per heavy atom. The van der Waals surface area contributed by atoms with Gasteiger partial charge >= 0.3 is 5.97 Å². The quantitative estimate of drug-likeness (QED) is 0.498. The van der Waals surface area contributed by atoms with Crippen LogP contribution in [0.1, 0.15) is 26.2 Å². The standard InChI is InChI=1S/C9H17NO2.ClH/c1-3-6-4-5-7(10)8(6)9(11)12-2;/h6-8H,3-5,10H2,1-2H3;1H/t6-,7-,8-;/m0./s1. The first-order valence-corrected chi connectivity index (χ1v) is 4.61. The van der Waals surface area contributed by atoms with Crippen molar-refractivity contribution in [1.82, 2.24) is 0 Å². The maximum Gasteiger partial charge on any atom is 0.314 e. The Kier molecular flexibility index (Phi) is 5.33. The summed E-state index contributed by atoms with van der Waals surface area (Å²) in [7, 11) is 1.46. The van der Waals surface area contributed by atoms with Crippen LogP contribution in [0.3, 0.4) is 0 Å². The number of quaternary nitrogens is 1. The fourth-order valence-corrected chi connectivity index (χ4v) is 2.15. The van der Waals surface area contributed by atoms with Gasteiger partial charge in [0.05, 0.1) is 13.2 Å². The summed E-state index contributed by atoms with van der Waals surface area (Å²) >= 11 is 0. The zero-order valence-electron chi connectivity index (χ0n) is 8.25. The van der Waals surface area contributed by atoms with Crippen molar-refractivity contribution in [2.45, 2.75) is 32.2 Å². The highest BCUT2D eigenvalue weighted by Gasteiger charge is 2.41. The molecule has 0 bridgehead atoms. The smallest absolute Gasteiger partial charge is 0.314 e. The number of esters is 1. The maximum atomic E-state index is 11.3. The Morgan fingerprint density at radius 2 is 2.15 bits per heavy atom. The van der Waals surface area contributed by atoms with E-state index >= 15 is 0 Å². The lowest BCUT2D eigenvalue weighted by atomic mass is 9.92. The summed E-state index contributed by atoms with van der Waals surface area (Å²) < 4.78 is 4.76. The van der Waals surface area contributed by atoms with E-state index in [-0.39, 0.29) is 30.3 Å². The number of ether oxygens (including phenoxy) is 1. The number of rotatable bonds is 2. The van der Waals surface area contributed by atoms with E-state index in [0.29, 0.717) is 5.92 Å². The molecule has 1 rings (SSSR count). The summed E-state index contributed by atoms with van der Waals surface area (Å²) in [5.74, 6) is 0.485. The van der Waals surface area contributed by atoms with Crippen molar-refractivity contribution < 1.29 is 27.7 Å². The first-order chi connectivity index (χ1) is 5.70. The Bertz CT molecular complexity index is 175. The van der Waals surface area contributed by atoms with Crippen LogP contribution in [0, 0.1) is 11.8 Å². The molecule has 0 unspecified atom stereocenters. The monoisotopic (exact) mass is 207 g/mol. The van der Waals surface area contributed by atoms with Crippen LogP contribution in [0.15, 0.2) is 0 Å². The van der Waals surface area contributed by atoms with Gasteiger partial charge in [-0.2, -0.15) is 0 Å². The van der Waals surface area contributed by atoms with E-state index in [4.69, 9.17) is 4.74 Å². The molecule has 1 aliphatic rings. The fraction of sp³-hybridized carbons (Fsp3) is 0.889. The van der Waals surface area contributed by atoms with Crippen molar-refractivity contribution in [2.24, 2.45) is 11.8 Å². The van der Waals surface area contributed by atoms with Crippen molar-refractivity contribution >= 4 is 5.97 Å². The number of carbonyl (C=O) groups excluding carboxylic acids is 1. The van der Waals surface area contributed by atoms with E-state index in [1.165, 1.54) is 7.11 Å². The summed E-state index contributed by atoms with van der Waals surface area (Å²) in [4.78, 5) is 11.3. The summed E-state index contributed by atoms with van der Waals surface area (Å²) in [5, 5.41) is 0. The zero-order valence-corrected chi connectivity index (χ0v) is 9.01. The van der Waals surface area contributed by atoms with Crippen LogP contribution in [0.5, 0.6) is 0 Å². The lowest BCUT2D eigenvalue weighted by molar-refractivity contribution is -0.426. The van der Waals surface area contributed by atoms with E-state index in [9.17, 15) is 4.79 Å². The third kappa shape index (κ3) is 2.58. The Labute approximate surface area is 85.4 Å². The molecule has 3 N–H and O–H groups in total. The predicted molar refractivity (Wildman–Crippen MR) is 45.2 cm³/mol. The minimum absolute atomic E-state index is 0. The van der Waals surface area contributed by atoms with Gasteiger partial charge in [0.1, 0.15) is 5.92 Å². The van der Waals surface area contributed by atoms with Crippen molar-refractivity contribution in [3.63, 3.8) is 0 Å². The van der Waals surface area contributed by atoms with Crippen LogP contribution >= 0.6 is 0 Å². The molecular weight excluding hydrogens is 190 g/mol. The first kappa shape index (κ1) is 12.7. The highest BCUT2D eigenvalue weighted by Crippen LogP contribution is 2.32. The van der Waals surface area contributed by atoms with E-state index in [0.717, 1.165) is 19.3 Å². The van der Waals surface area contributed by atoms with Gasteiger partial charge in [-0.3, -0.25) is 4.79 Å². The molecule has 0 aliphatic heterocycles. The summed E-state index contributed by atoms with van der Waals surface area (Å²) in [6.45, 7) is 2.12. The number of hydrogen-bond acceptors (Lipinski definition) is 2. The zero-order chi connectivity index (χ0) is 9.14. The molecule has 1 fully saturated rings. The maximum absolute atomic E-state index is 11.3. The third-order valence-corrected chi connectivity index (χ3v) is 2.92. The van der Waals surface area contributed by atoms with Crippen LogP contribution < -0.4 is 18.1 Å². The van der Waals surface area contributed by atoms with Gasteiger partial charge in [-0.25, -0.2) is 0 Å². The summed E-state index contributed by atoms with van der Waals surface area (Å²) in [5.41, 5.74) is 3.99. The molecule has 0 aromatic heterocycles. The van der Waals surface area contributed by atoms with Crippen molar-refractivity contribution in [3.05, 3.63) is 0 Å². The average Bonchev–Trinajstić information content (AvgIpc) is 2.45. The Morgan fingerprint density at radius 3 is 2.62 bits per heavy atom. The van der Waals surface area contributed by atoms with Gasteiger partial charge in [0.15, 0.2) is 0 Å². The van der Waals surface area contributed by atoms with Crippen LogP contribution in [-0.2, 0) is 9.53 Å². The molecule has 0 spiro atoms. The van der Waals surface area contributed by atoms with E-state index in [2.05, 4.69) is 12.7 Å². The lowest BCUT2D eigenvalue weighted by Crippen LogP contribution is -3.00. The minimum Gasteiger partial charge on any atom is -1.00 e. The molecule has 0 aromatic carbocycles.